The molecule has 2 N–H and O–H groups in total. The van der Waals surface area contributed by atoms with Crippen LogP contribution in [0.15, 0.2) is 30.3 Å². The fraction of sp³-hybridized carbons (Fsp3) is 0.222. The molecular formula is C18H14F5NO5. The Bertz CT molecular complexity index is 865. The minimum Gasteiger partial charge on any atom is -0.445 e. The summed E-state index contributed by atoms with van der Waals surface area (Å²) in [5.74, 6) is -15.2. The molecule has 0 saturated carbocycles. The Morgan fingerprint density at radius 2 is 1.48 bits per heavy atom. The molecule has 0 fully saturated rings. The van der Waals surface area contributed by atoms with Crippen molar-refractivity contribution in [3.05, 3.63) is 65.0 Å². The number of aliphatic hydroxyl groups is 1. The van der Waals surface area contributed by atoms with Gasteiger partial charge in [0.15, 0.2) is 6.10 Å². The summed E-state index contributed by atoms with van der Waals surface area (Å²) in [4.78, 5) is 23.1. The van der Waals surface area contributed by atoms with Gasteiger partial charge in [0.25, 0.3) is 0 Å². The third kappa shape index (κ3) is 5.64. The molecule has 2 rings (SSSR count). The number of amides is 1. The van der Waals surface area contributed by atoms with Crippen LogP contribution >= 0.6 is 0 Å². The summed E-state index contributed by atoms with van der Waals surface area (Å²) in [6.07, 6.45) is -3.36. The maximum atomic E-state index is 13.5. The van der Waals surface area contributed by atoms with E-state index in [9.17, 15) is 36.6 Å². The summed E-state index contributed by atoms with van der Waals surface area (Å²) < 4.78 is 74.9. The van der Waals surface area contributed by atoms with E-state index in [1.165, 1.54) is 0 Å². The van der Waals surface area contributed by atoms with Crippen LogP contribution in [-0.2, 0) is 16.1 Å². The standard InChI is InChI=1S/C18H14F5NO5/c19-11-12(20)14(22)16(15(23)13(11)21)29-17(26)10(25)6-7-24-18(27)28-8-9-4-2-1-3-5-9/h1-5,10,25H,6-8H2,(H,24,27)/t10-/m0/s1. The largest absolute Gasteiger partial charge is 0.445 e. The lowest BCUT2D eigenvalue weighted by molar-refractivity contribution is -0.144. The molecular weight excluding hydrogens is 405 g/mol. The number of benzene rings is 2. The van der Waals surface area contributed by atoms with Crippen LogP contribution in [0.2, 0.25) is 0 Å². The first-order chi connectivity index (χ1) is 13.7. The van der Waals surface area contributed by atoms with Crippen molar-refractivity contribution in [3.8, 4) is 5.75 Å². The van der Waals surface area contributed by atoms with Gasteiger partial charge < -0.3 is 19.9 Å². The average molecular weight is 419 g/mol. The van der Waals surface area contributed by atoms with Gasteiger partial charge in [-0.15, -0.1) is 0 Å². The molecule has 0 aliphatic rings. The molecule has 0 saturated heterocycles. The van der Waals surface area contributed by atoms with Gasteiger partial charge in [0.2, 0.25) is 34.8 Å². The van der Waals surface area contributed by atoms with Crippen molar-refractivity contribution >= 4 is 12.1 Å². The summed E-state index contributed by atoms with van der Waals surface area (Å²) in [6, 6.07) is 8.68. The Labute approximate surface area is 160 Å². The maximum Gasteiger partial charge on any atom is 0.407 e. The summed E-state index contributed by atoms with van der Waals surface area (Å²) in [7, 11) is 0. The molecule has 0 heterocycles. The fourth-order valence-corrected chi connectivity index (χ4v) is 2.05. The Morgan fingerprint density at radius 3 is 2.07 bits per heavy atom. The van der Waals surface area contributed by atoms with Crippen LogP contribution in [0.25, 0.3) is 0 Å². The summed E-state index contributed by atoms with van der Waals surface area (Å²) >= 11 is 0. The van der Waals surface area contributed by atoms with Gasteiger partial charge in [0.1, 0.15) is 6.61 Å². The maximum absolute atomic E-state index is 13.5. The van der Waals surface area contributed by atoms with Gasteiger partial charge in [-0.25, -0.2) is 22.8 Å². The van der Waals surface area contributed by atoms with Gasteiger partial charge in [-0.3, -0.25) is 0 Å². The van der Waals surface area contributed by atoms with Crippen molar-refractivity contribution in [2.75, 3.05) is 6.54 Å². The topological polar surface area (TPSA) is 84.9 Å². The molecule has 0 unspecified atom stereocenters. The highest BCUT2D eigenvalue weighted by atomic mass is 19.2. The van der Waals surface area contributed by atoms with Crippen LogP contribution in [0.5, 0.6) is 5.75 Å². The van der Waals surface area contributed by atoms with E-state index in [2.05, 4.69) is 10.1 Å². The number of nitrogens with one attached hydrogen (secondary N) is 1. The van der Waals surface area contributed by atoms with Crippen LogP contribution in [0.3, 0.4) is 0 Å². The molecule has 0 aliphatic heterocycles. The second-order valence-corrected chi connectivity index (χ2v) is 5.61. The number of aliphatic hydroxyl groups excluding tert-OH is 1. The number of rotatable bonds is 7. The van der Waals surface area contributed by atoms with E-state index >= 15 is 0 Å². The second-order valence-electron chi connectivity index (χ2n) is 5.61. The number of carbonyl (C=O) groups is 2. The molecule has 0 bridgehead atoms. The SMILES string of the molecule is O=C(NCC[C@H](O)C(=O)Oc1c(F)c(F)c(F)c(F)c1F)OCc1ccccc1. The first-order valence-electron chi connectivity index (χ1n) is 8.08. The number of hydrogen-bond acceptors (Lipinski definition) is 5. The van der Waals surface area contributed by atoms with Crippen LogP contribution in [0.4, 0.5) is 26.7 Å². The Kier molecular flexibility index (Phi) is 7.48. The number of alkyl carbamates (subject to hydrolysis) is 1. The summed E-state index contributed by atoms with van der Waals surface area (Å²) in [6.45, 7) is -0.335. The van der Waals surface area contributed by atoms with E-state index in [0.717, 1.165) is 0 Å². The van der Waals surface area contributed by atoms with E-state index < -0.39 is 59.4 Å². The molecule has 11 heteroatoms. The molecule has 2 aromatic rings. The van der Waals surface area contributed by atoms with Crippen molar-refractivity contribution in [2.24, 2.45) is 0 Å². The summed E-state index contributed by atoms with van der Waals surface area (Å²) in [5, 5.41) is 11.8. The normalized spacial score (nSPS) is 11.7. The highest BCUT2D eigenvalue weighted by Crippen LogP contribution is 2.29. The Balaban J connectivity index is 1.83. The van der Waals surface area contributed by atoms with Gasteiger partial charge in [-0.2, -0.15) is 8.78 Å². The van der Waals surface area contributed by atoms with E-state index in [1.54, 1.807) is 30.3 Å². The Morgan fingerprint density at radius 1 is 0.931 bits per heavy atom. The molecule has 2 aromatic carbocycles. The Hall–Kier alpha value is -3.21. The molecule has 0 aliphatic carbocycles. The highest BCUT2D eigenvalue weighted by molar-refractivity contribution is 5.77. The first kappa shape index (κ1) is 22.1. The van der Waals surface area contributed by atoms with Crippen molar-refractivity contribution < 1.29 is 46.1 Å². The van der Waals surface area contributed by atoms with Gasteiger partial charge in [-0.05, 0) is 5.56 Å². The summed E-state index contributed by atoms with van der Waals surface area (Å²) in [5.41, 5.74) is 0.717. The number of ether oxygens (including phenoxy) is 2. The quantitative estimate of drug-likeness (QED) is 0.237. The van der Waals surface area contributed by atoms with Crippen molar-refractivity contribution in [1.29, 1.82) is 0 Å². The second kappa shape index (κ2) is 9.82. The van der Waals surface area contributed by atoms with Crippen LogP contribution in [0.1, 0.15) is 12.0 Å². The van der Waals surface area contributed by atoms with Crippen LogP contribution in [0, 0.1) is 29.1 Å². The van der Waals surface area contributed by atoms with E-state index in [4.69, 9.17) is 4.74 Å². The number of halogens is 5. The molecule has 156 valence electrons. The minimum atomic E-state index is -2.42. The van der Waals surface area contributed by atoms with Crippen LogP contribution in [-0.4, -0.2) is 29.8 Å². The first-order valence-corrected chi connectivity index (χ1v) is 8.08. The molecule has 6 nitrogen and oxygen atoms in total. The van der Waals surface area contributed by atoms with E-state index in [1.807, 2.05) is 0 Å². The van der Waals surface area contributed by atoms with Gasteiger partial charge in [0, 0.05) is 13.0 Å². The molecule has 0 aromatic heterocycles. The molecule has 0 radical (unpaired) electrons. The minimum absolute atomic E-state index is 0.0302. The average Bonchev–Trinajstić information content (AvgIpc) is 2.73. The van der Waals surface area contributed by atoms with Crippen molar-refractivity contribution in [1.82, 2.24) is 5.32 Å². The smallest absolute Gasteiger partial charge is 0.407 e. The molecule has 0 spiro atoms. The highest BCUT2D eigenvalue weighted by Gasteiger charge is 2.30. The molecule has 1 atom stereocenters. The lowest BCUT2D eigenvalue weighted by Gasteiger charge is -2.13. The van der Waals surface area contributed by atoms with Gasteiger partial charge in [0.05, 0.1) is 0 Å². The van der Waals surface area contributed by atoms with Crippen molar-refractivity contribution in [2.45, 2.75) is 19.1 Å². The zero-order valence-corrected chi connectivity index (χ0v) is 14.6. The zero-order chi connectivity index (χ0) is 21.6. The lowest BCUT2D eigenvalue weighted by atomic mass is 10.2. The van der Waals surface area contributed by atoms with E-state index in [0.29, 0.717) is 5.56 Å². The lowest BCUT2D eigenvalue weighted by Crippen LogP contribution is -2.33. The van der Waals surface area contributed by atoms with Crippen molar-refractivity contribution in [3.63, 3.8) is 0 Å². The zero-order valence-electron chi connectivity index (χ0n) is 14.6. The van der Waals surface area contributed by atoms with Gasteiger partial charge >= 0.3 is 12.1 Å². The third-order valence-corrected chi connectivity index (χ3v) is 3.54. The number of carbonyl (C=O) groups excluding carboxylic acids is 2. The number of hydrogen-bond donors (Lipinski definition) is 2. The molecule has 1 amide bonds. The fourth-order valence-electron chi connectivity index (χ4n) is 2.05. The monoisotopic (exact) mass is 419 g/mol. The predicted molar refractivity (Wildman–Crippen MR) is 87.1 cm³/mol. The predicted octanol–water partition coefficient (Wildman–Crippen LogP) is 2.96. The number of esters is 1. The molecule has 29 heavy (non-hydrogen) atoms. The van der Waals surface area contributed by atoms with Gasteiger partial charge in [-0.1, -0.05) is 30.3 Å². The third-order valence-electron chi connectivity index (χ3n) is 3.54. The van der Waals surface area contributed by atoms with Crippen LogP contribution < -0.4 is 10.1 Å². The van der Waals surface area contributed by atoms with E-state index in [-0.39, 0.29) is 13.2 Å².